The van der Waals surface area contributed by atoms with Gasteiger partial charge in [0.2, 0.25) is 5.88 Å². The average Bonchev–Trinajstić information content (AvgIpc) is 3.58. The Morgan fingerprint density at radius 1 is 1.10 bits per heavy atom. The van der Waals surface area contributed by atoms with Crippen LogP contribution in [-0.4, -0.2) is 55.4 Å². The van der Waals surface area contributed by atoms with Crippen LogP contribution in [0.4, 0.5) is 14.5 Å². The minimum absolute atomic E-state index is 0.143. The number of aromatic nitrogens is 6. The maximum absolute atomic E-state index is 13.7. The number of anilines is 1. The number of fused-ring (bicyclic) bond motifs is 1. The number of hydrogen-bond acceptors (Lipinski definition) is 7. The lowest BCUT2D eigenvalue weighted by Gasteiger charge is -2.34. The van der Waals surface area contributed by atoms with Gasteiger partial charge in [-0.05, 0) is 55.7 Å². The third kappa shape index (κ3) is 4.71. The second-order valence-electron chi connectivity index (χ2n) is 10.1. The lowest BCUT2D eigenvalue weighted by atomic mass is 9.87. The van der Waals surface area contributed by atoms with Gasteiger partial charge in [0.1, 0.15) is 17.2 Å². The highest BCUT2D eigenvalue weighted by Gasteiger charge is 2.35. The Labute approximate surface area is 224 Å². The number of nitrogens with zero attached hydrogens (tertiary/aromatic N) is 8. The highest BCUT2D eigenvalue weighted by molar-refractivity contribution is 5.58. The van der Waals surface area contributed by atoms with Gasteiger partial charge in [-0.2, -0.15) is 5.26 Å². The van der Waals surface area contributed by atoms with E-state index in [0.717, 1.165) is 41.3 Å². The van der Waals surface area contributed by atoms with E-state index in [0.29, 0.717) is 29.5 Å². The van der Waals surface area contributed by atoms with Crippen molar-refractivity contribution in [1.82, 2.24) is 29.3 Å². The molecule has 2 aliphatic rings. The lowest BCUT2D eigenvalue weighted by Crippen LogP contribution is -2.39. The molecule has 6 rings (SSSR count). The zero-order valence-electron chi connectivity index (χ0n) is 21.8. The molecular weight excluding hydrogens is 502 g/mol. The summed E-state index contributed by atoms with van der Waals surface area (Å²) >= 11 is 0. The molecule has 1 fully saturated rings. The van der Waals surface area contributed by atoms with Crippen LogP contribution in [-0.2, 0) is 6.54 Å². The van der Waals surface area contributed by atoms with Crippen LogP contribution in [0.3, 0.4) is 0 Å². The molecule has 0 spiro atoms. The molecule has 39 heavy (non-hydrogen) atoms. The molecule has 0 N–H and O–H groups in total. The van der Waals surface area contributed by atoms with Gasteiger partial charge in [0.25, 0.3) is 5.92 Å². The molecule has 200 valence electrons. The third-order valence-electron chi connectivity index (χ3n) is 7.52. The van der Waals surface area contributed by atoms with E-state index >= 15 is 0 Å². The number of rotatable bonds is 5. The summed E-state index contributed by atoms with van der Waals surface area (Å²) in [6.07, 6.45) is 4.96. The summed E-state index contributed by atoms with van der Waals surface area (Å²) in [6.45, 7) is 3.20. The highest BCUT2D eigenvalue weighted by atomic mass is 19.3. The maximum atomic E-state index is 13.7. The first kappa shape index (κ1) is 25.0. The standard InChI is InChI=1S/C28H28F2N8O/c1-18-16-37(17-32-18)24-8-7-23(33-27(24)39-2)25-34-26-21(4-3-11-38(26)35-25)22-14-20(6-5-19(22)15-31)36-12-9-28(29,30)10-13-36/h5-8,14,16-17,21H,3-4,9-13H2,1-2H3/t21-/m1/s1. The van der Waals surface area contributed by atoms with Gasteiger partial charge in [-0.25, -0.2) is 28.4 Å². The van der Waals surface area contributed by atoms with Crippen molar-refractivity contribution in [3.63, 3.8) is 0 Å². The number of aryl methyl sites for hydroxylation is 2. The van der Waals surface area contributed by atoms with Crippen molar-refractivity contribution in [1.29, 1.82) is 5.26 Å². The number of pyridine rings is 1. The Balaban J connectivity index is 1.34. The van der Waals surface area contributed by atoms with Gasteiger partial charge in [-0.3, -0.25) is 0 Å². The molecule has 0 bridgehead atoms. The summed E-state index contributed by atoms with van der Waals surface area (Å²) in [5.41, 5.74) is 4.49. The van der Waals surface area contributed by atoms with Gasteiger partial charge >= 0.3 is 0 Å². The van der Waals surface area contributed by atoms with Crippen LogP contribution in [0.15, 0.2) is 42.9 Å². The molecule has 1 atom stereocenters. The number of benzene rings is 1. The maximum Gasteiger partial charge on any atom is 0.251 e. The minimum atomic E-state index is -2.62. The van der Waals surface area contributed by atoms with Crippen molar-refractivity contribution in [3.8, 4) is 29.2 Å². The zero-order chi connectivity index (χ0) is 27.1. The summed E-state index contributed by atoms with van der Waals surface area (Å²) in [6, 6.07) is 11.7. The molecule has 0 aliphatic carbocycles. The Hall–Kier alpha value is -4.33. The van der Waals surface area contributed by atoms with Gasteiger partial charge in [-0.1, -0.05) is 0 Å². The molecule has 0 unspecified atom stereocenters. The van der Waals surface area contributed by atoms with Crippen LogP contribution in [0.2, 0.25) is 0 Å². The fraction of sp³-hybridized carbons (Fsp3) is 0.393. The first-order chi connectivity index (χ1) is 18.8. The number of ether oxygens (including phenoxy) is 1. The summed E-state index contributed by atoms with van der Waals surface area (Å²) < 4.78 is 36.8. The molecular formula is C28H28F2N8O. The van der Waals surface area contributed by atoms with Crippen LogP contribution in [0.5, 0.6) is 5.88 Å². The van der Waals surface area contributed by atoms with Crippen molar-refractivity contribution >= 4 is 5.69 Å². The summed E-state index contributed by atoms with van der Waals surface area (Å²) in [4.78, 5) is 15.8. The Kier molecular flexibility index (Phi) is 6.25. The summed E-state index contributed by atoms with van der Waals surface area (Å²) in [5, 5.41) is 14.6. The monoisotopic (exact) mass is 530 g/mol. The smallest absolute Gasteiger partial charge is 0.251 e. The summed E-state index contributed by atoms with van der Waals surface area (Å²) in [7, 11) is 1.57. The molecule has 4 aromatic rings. The van der Waals surface area contributed by atoms with E-state index in [1.54, 1.807) is 19.5 Å². The fourth-order valence-corrected chi connectivity index (χ4v) is 5.44. The number of halogens is 2. The Bertz CT molecular complexity index is 1560. The van der Waals surface area contributed by atoms with Crippen molar-refractivity contribution in [2.45, 2.75) is 51.0 Å². The van der Waals surface area contributed by atoms with Gasteiger partial charge < -0.3 is 14.2 Å². The van der Waals surface area contributed by atoms with Crippen LogP contribution >= 0.6 is 0 Å². The molecule has 0 radical (unpaired) electrons. The first-order valence-corrected chi connectivity index (χ1v) is 13.0. The third-order valence-corrected chi connectivity index (χ3v) is 7.52. The fourth-order valence-electron chi connectivity index (χ4n) is 5.44. The predicted octanol–water partition coefficient (Wildman–Crippen LogP) is 4.88. The molecule has 0 saturated carbocycles. The average molecular weight is 531 g/mol. The number of alkyl halides is 2. The molecule has 1 saturated heterocycles. The van der Waals surface area contributed by atoms with E-state index in [9.17, 15) is 14.0 Å². The topological polar surface area (TPSA) is 97.7 Å². The number of piperidine rings is 1. The lowest BCUT2D eigenvalue weighted by molar-refractivity contribution is -0.0220. The van der Waals surface area contributed by atoms with Crippen molar-refractivity contribution in [2.24, 2.45) is 0 Å². The van der Waals surface area contributed by atoms with E-state index < -0.39 is 5.92 Å². The van der Waals surface area contributed by atoms with Gasteiger partial charge in [0.05, 0.1) is 30.8 Å². The van der Waals surface area contributed by atoms with Gasteiger partial charge in [0, 0.05) is 50.3 Å². The first-order valence-electron chi connectivity index (χ1n) is 13.0. The number of hydrogen-bond donors (Lipinski definition) is 0. The molecule has 5 heterocycles. The molecule has 0 amide bonds. The van der Waals surface area contributed by atoms with Crippen molar-refractivity contribution in [2.75, 3.05) is 25.1 Å². The number of nitriles is 1. The number of methoxy groups -OCH3 is 1. The van der Waals surface area contributed by atoms with E-state index in [1.807, 2.05) is 51.5 Å². The van der Waals surface area contributed by atoms with Crippen LogP contribution < -0.4 is 9.64 Å². The largest absolute Gasteiger partial charge is 0.479 e. The molecule has 11 heteroatoms. The van der Waals surface area contributed by atoms with Crippen molar-refractivity contribution < 1.29 is 13.5 Å². The number of imidazole rings is 1. The van der Waals surface area contributed by atoms with Crippen LogP contribution in [0, 0.1) is 18.3 Å². The normalized spacial score (nSPS) is 18.4. The van der Waals surface area contributed by atoms with Gasteiger partial charge in [-0.15, -0.1) is 5.10 Å². The molecule has 3 aromatic heterocycles. The Morgan fingerprint density at radius 3 is 2.64 bits per heavy atom. The molecule has 2 aliphatic heterocycles. The summed E-state index contributed by atoms with van der Waals surface area (Å²) in [5.74, 6) is -1.08. The van der Waals surface area contributed by atoms with E-state index in [2.05, 4.69) is 16.0 Å². The van der Waals surface area contributed by atoms with E-state index in [-0.39, 0.29) is 31.8 Å². The second-order valence-corrected chi connectivity index (χ2v) is 10.1. The quantitative estimate of drug-likeness (QED) is 0.363. The Morgan fingerprint density at radius 2 is 1.92 bits per heavy atom. The SMILES string of the molecule is COc1nc(-c2nc3n(n2)CCC[C@@H]3c2cc(N3CCC(F)(F)CC3)ccc2C#N)ccc1-n1cnc(C)c1. The van der Waals surface area contributed by atoms with E-state index in [4.69, 9.17) is 14.8 Å². The van der Waals surface area contributed by atoms with Crippen LogP contribution in [0.1, 0.15) is 54.2 Å². The van der Waals surface area contributed by atoms with Gasteiger partial charge in [0.15, 0.2) is 5.82 Å². The molecule has 9 nitrogen and oxygen atoms in total. The van der Waals surface area contributed by atoms with Crippen molar-refractivity contribution in [3.05, 3.63) is 65.5 Å². The van der Waals surface area contributed by atoms with E-state index in [1.165, 1.54) is 0 Å². The second kappa shape index (κ2) is 9.76. The zero-order valence-corrected chi connectivity index (χ0v) is 21.8. The van der Waals surface area contributed by atoms with Crippen LogP contribution in [0.25, 0.3) is 17.2 Å². The molecule has 1 aromatic carbocycles. The predicted molar refractivity (Wildman–Crippen MR) is 140 cm³/mol. The highest BCUT2D eigenvalue weighted by Crippen LogP contribution is 2.38. The minimum Gasteiger partial charge on any atom is -0.479 e.